The smallest absolute Gasteiger partial charge is 0.0637 e. The second-order valence-corrected chi connectivity index (χ2v) is 6.11. The fourth-order valence-electron chi connectivity index (χ4n) is 1.25. The molecule has 0 aromatic heterocycles. The van der Waals surface area contributed by atoms with Crippen molar-refractivity contribution in [1.29, 1.82) is 0 Å². The maximum absolute atomic E-state index is 11.5. The molecular formula is C8H18N2OS. The first-order valence-electron chi connectivity index (χ1n) is 4.53. The summed E-state index contributed by atoms with van der Waals surface area (Å²) in [6, 6.07) is 0.484. The highest BCUT2D eigenvalue weighted by Crippen LogP contribution is 2.05. The molecule has 0 aromatic carbocycles. The Morgan fingerprint density at radius 1 is 1.67 bits per heavy atom. The Labute approximate surface area is 75.1 Å². The molecule has 4 heteroatoms. The molecule has 1 unspecified atom stereocenters. The first-order valence-corrected chi connectivity index (χ1v) is 6.62. The van der Waals surface area contributed by atoms with E-state index in [1.54, 1.807) is 6.26 Å². The largest absolute Gasteiger partial charge is 0.312 e. The molecule has 1 heterocycles. The summed E-state index contributed by atoms with van der Waals surface area (Å²) in [5.41, 5.74) is 0. The molecule has 72 valence electrons. The molecule has 1 rings (SSSR count). The standard InChI is InChI=1S/C8H18N2OS/c1-3-12(2,11)10-7-8-5-4-6-9-8/h8-9H,3-7H2,1-2H3/t8-,12?/m0/s1. The summed E-state index contributed by atoms with van der Waals surface area (Å²) in [4.78, 5) is 0. The molecule has 0 bridgehead atoms. The molecule has 1 aliphatic rings. The van der Waals surface area contributed by atoms with Crippen LogP contribution in [0.4, 0.5) is 0 Å². The highest BCUT2D eigenvalue weighted by atomic mass is 32.2. The molecule has 2 atom stereocenters. The second kappa shape index (κ2) is 4.23. The summed E-state index contributed by atoms with van der Waals surface area (Å²) < 4.78 is 15.7. The Hall–Kier alpha value is -0.0900. The predicted octanol–water partition coefficient (Wildman–Crippen LogP) is 0.856. The Bertz CT molecular complexity index is 237. The molecule has 0 saturated carbocycles. The molecule has 1 fully saturated rings. The van der Waals surface area contributed by atoms with Crippen molar-refractivity contribution in [3.63, 3.8) is 0 Å². The van der Waals surface area contributed by atoms with E-state index in [4.69, 9.17) is 0 Å². The Morgan fingerprint density at radius 2 is 2.42 bits per heavy atom. The van der Waals surface area contributed by atoms with E-state index in [2.05, 4.69) is 9.68 Å². The Kier molecular flexibility index (Phi) is 3.53. The summed E-state index contributed by atoms with van der Waals surface area (Å²) >= 11 is 0. The van der Waals surface area contributed by atoms with Gasteiger partial charge in [-0.2, -0.15) is 0 Å². The van der Waals surface area contributed by atoms with Crippen molar-refractivity contribution in [2.75, 3.05) is 25.1 Å². The third-order valence-electron chi connectivity index (χ3n) is 2.27. The minimum Gasteiger partial charge on any atom is -0.312 e. The molecule has 1 aliphatic heterocycles. The zero-order chi connectivity index (χ0) is 9.03. The predicted molar refractivity (Wildman–Crippen MR) is 52.9 cm³/mol. The van der Waals surface area contributed by atoms with Crippen LogP contribution >= 0.6 is 0 Å². The highest BCUT2D eigenvalue weighted by Gasteiger charge is 2.13. The van der Waals surface area contributed by atoms with Gasteiger partial charge in [0.1, 0.15) is 0 Å². The number of nitrogens with one attached hydrogen (secondary N) is 1. The zero-order valence-corrected chi connectivity index (χ0v) is 8.69. The average molecular weight is 190 g/mol. The topological polar surface area (TPSA) is 41.5 Å². The average Bonchev–Trinajstić information content (AvgIpc) is 2.53. The SMILES string of the molecule is CCS(C)(=O)=NC[C@@H]1CCCN1. The molecule has 3 nitrogen and oxygen atoms in total. The summed E-state index contributed by atoms with van der Waals surface area (Å²) in [6.45, 7) is 3.74. The van der Waals surface area contributed by atoms with Gasteiger partial charge in [0.05, 0.1) is 6.54 Å². The van der Waals surface area contributed by atoms with Crippen molar-refractivity contribution in [2.24, 2.45) is 4.36 Å². The van der Waals surface area contributed by atoms with Crippen LogP contribution in [-0.4, -0.2) is 35.3 Å². The van der Waals surface area contributed by atoms with Crippen LogP contribution in [0, 0.1) is 0 Å². The van der Waals surface area contributed by atoms with Gasteiger partial charge < -0.3 is 5.32 Å². The van der Waals surface area contributed by atoms with Crippen molar-refractivity contribution < 1.29 is 4.21 Å². The molecule has 1 saturated heterocycles. The lowest BCUT2D eigenvalue weighted by Gasteiger charge is -2.06. The maximum atomic E-state index is 11.5. The maximum Gasteiger partial charge on any atom is 0.0637 e. The molecule has 0 radical (unpaired) electrons. The van der Waals surface area contributed by atoms with E-state index in [0.717, 1.165) is 13.1 Å². The number of hydrogen-bond acceptors (Lipinski definition) is 3. The van der Waals surface area contributed by atoms with Gasteiger partial charge in [0, 0.05) is 27.8 Å². The number of rotatable bonds is 3. The molecule has 0 aliphatic carbocycles. The van der Waals surface area contributed by atoms with Gasteiger partial charge in [-0.05, 0) is 19.4 Å². The van der Waals surface area contributed by atoms with Crippen LogP contribution in [0.15, 0.2) is 4.36 Å². The fourth-order valence-corrected chi connectivity index (χ4v) is 1.93. The first kappa shape index (κ1) is 9.99. The Balaban J connectivity index is 2.42. The van der Waals surface area contributed by atoms with Crippen molar-refractivity contribution in [1.82, 2.24) is 5.32 Å². The van der Waals surface area contributed by atoms with Gasteiger partial charge in [0.15, 0.2) is 0 Å². The van der Waals surface area contributed by atoms with E-state index in [1.807, 2.05) is 6.92 Å². The third kappa shape index (κ3) is 3.11. The fraction of sp³-hybridized carbons (Fsp3) is 1.00. The van der Waals surface area contributed by atoms with Crippen LogP contribution in [0.3, 0.4) is 0 Å². The van der Waals surface area contributed by atoms with E-state index in [0.29, 0.717) is 11.8 Å². The number of hydrogen-bond donors (Lipinski definition) is 1. The van der Waals surface area contributed by atoms with Gasteiger partial charge in [-0.15, -0.1) is 0 Å². The van der Waals surface area contributed by atoms with Crippen molar-refractivity contribution in [3.8, 4) is 0 Å². The van der Waals surface area contributed by atoms with Crippen molar-refractivity contribution >= 4 is 9.73 Å². The quantitative estimate of drug-likeness (QED) is 0.717. The van der Waals surface area contributed by atoms with Gasteiger partial charge in [-0.25, -0.2) is 4.36 Å². The van der Waals surface area contributed by atoms with Crippen LogP contribution in [-0.2, 0) is 9.73 Å². The molecule has 0 spiro atoms. The van der Waals surface area contributed by atoms with Crippen LogP contribution in [0.1, 0.15) is 19.8 Å². The van der Waals surface area contributed by atoms with E-state index in [1.165, 1.54) is 12.8 Å². The normalized spacial score (nSPS) is 28.3. The lowest BCUT2D eigenvalue weighted by atomic mass is 10.2. The van der Waals surface area contributed by atoms with E-state index in [-0.39, 0.29) is 0 Å². The van der Waals surface area contributed by atoms with Crippen LogP contribution < -0.4 is 5.32 Å². The molecular weight excluding hydrogens is 172 g/mol. The van der Waals surface area contributed by atoms with Crippen molar-refractivity contribution in [3.05, 3.63) is 0 Å². The molecule has 0 amide bonds. The van der Waals surface area contributed by atoms with Crippen molar-refractivity contribution in [2.45, 2.75) is 25.8 Å². The van der Waals surface area contributed by atoms with Crippen LogP contribution in [0.5, 0.6) is 0 Å². The number of nitrogens with zero attached hydrogens (tertiary/aromatic N) is 1. The van der Waals surface area contributed by atoms with Gasteiger partial charge in [0.2, 0.25) is 0 Å². The third-order valence-corrected chi connectivity index (χ3v) is 4.03. The minimum absolute atomic E-state index is 0.484. The molecule has 0 aromatic rings. The van der Waals surface area contributed by atoms with Gasteiger partial charge in [-0.1, -0.05) is 6.92 Å². The minimum atomic E-state index is -1.87. The van der Waals surface area contributed by atoms with Gasteiger partial charge >= 0.3 is 0 Å². The molecule has 12 heavy (non-hydrogen) atoms. The lowest BCUT2D eigenvalue weighted by Crippen LogP contribution is -2.24. The van der Waals surface area contributed by atoms with Crippen LogP contribution in [0.2, 0.25) is 0 Å². The second-order valence-electron chi connectivity index (χ2n) is 3.35. The highest BCUT2D eigenvalue weighted by molar-refractivity contribution is 7.92. The van der Waals surface area contributed by atoms with E-state index >= 15 is 0 Å². The van der Waals surface area contributed by atoms with E-state index < -0.39 is 9.73 Å². The summed E-state index contributed by atoms with van der Waals surface area (Å²) in [6.07, 6.45) is 4.15. The summed E-state index contributed by atoms with van der Waals surface area (Å²) in [7, 11) is -1.87. The van der Waals surface area contributed by atoms with Crippen LogP contribution in [0.25, 0.3) is 0 Å². The lowest BCUT2D eigenvalue weighted by molar-refractivity contribution is 0.615. The summed E-state index contributed by atoms with van der Waals surface area (Å²) in [5, 5.41) is 3.33. The monoisotopic (exact) mass is 190 g/mol. The molecule has 1 N–H and O–H groups in total. The Morgan fingerprint density at radius 3 is 2.92 bits per heavy atom. The summed E-state index contributed by atoms with van der Waals surface area (Å²) in [5.74, 6) is 0.666. The van der Waals surface area contributed by atoms with Gasteiger partial charge in [0.25, 0.3) is 0 Å². The van der Waals surface area contributed by atoms with Gasteiger partial charge in [-0.3, -0.25) is 4.21 Å². The van der Waals surface area contributed by atoms with E-state index in [9.17, 15) is 4.21 Å². The first-order chi connectivity index (χ1) is 5.64. The zero-order valence-electron chi connectivity index (χ0n) is 7.88.